The molecule has 100 valence electrons. The van der Waals surface area contributed by atoms with Crippen LogP contribution in [0.4, 0.5) is 0 Å². The number of nitrogens with one attached hydrogen (secondary N) is 1. The van der Waals surface area contributed by atoms with Gasteiger partial charge in [0.2, 0.25) is 0 Å². The smallest absolute Gasteiger partial charge is 0.119 e. The zero-order chi connectivity index (χ0) is 13.3. The summed E-state index contributed by atoms with van der Waals surface area (Å²) in [4.78, 5) is 0. The maximum Gasteiger partial charge on any atom is 0.119 e. The molecule has 0 unspecified atom stereocenters. The van der Waals surface area contributed by atoms with Gasteiger partial charge in [-0.1, -0.05) is 41.9 Å². The van der Waals surface area contributed by atoms with Crippen molar-refractivity contribution in [1.29, 1.82) is 0 Å². The lowest BCUT2D eigenvalue weighted by Gasteiger charge is -2.07. The maximum absolute atomic E-state index is 5.81. The Labute approximate surface area is 119 Å². The lowest BCUT2D eigenvalue weighted by atomic mass is 10.2. The summed E-state index contributed by atoms with van der Waals surface area (Å²) in [5.74, 6) is 0.868. The molecule has 19 heavy (non-hydrogen) atoms. The second-order valence-electron chi connectivity index (χ2n) is 4.32. The van der Waals surface area contributed by atoms with E-state index >= 15 is 0 Å². The van der Waals surface area contributed by atoms with Crippen molar-refractivity contribution in [1.82, 2.24) is 5.32 Å². The Balaban J connectivity index is 1.56. The van der Waals surface area contributed by atoms with E-state index in [-0.39, 0.29) is 0 Å². The summed E-state index contributed by atoms with van der Waals surface area (Å²) in [7, 11) is 0. The molecule has 0 bridgehead atoms. The highest BCUT2D eigenvalue weighted by Crippen LogP contribution is 2.15. The van der Waals surface area contributed by atoms with Crippen LogP contribution in [0.25, 0.3) is 0 Å². The normalized spacial score (nSPS) is 10.4. The summed E-state index contributed by atoms with van der Waals surface area (Å²) >= 11 is 5.81. The standard InChI is InChI=1S/C16H18ClNO/c17-15-7-9-16(10-8-15)19-12-4-11-18-13-14-5-2-1-3-6-14/h1-3,5-10,18H,4,11-13H2. The van der Waals surface area contributed by atoms with Gasteiger partial charge in [0.05, 0.1) is 6.61 Å². The average molecular weight is 276 g/mol. The van der Waals surface area contributed by atoms with Gasteiger partial charge in [0.15, 0.2) is 0 Å². The molecule has 0 saturated carbocycles. The fraction of sp³-hybridized carbons (Fsp3) is 0.250. The molecule has 0 fully saturated rings. The maximum atomic E-state index is 5.81. The summed E-state index contributed by atoms with van der Waals surface area (Å²) in [5.41, 5.74) is 1.31. The van der Waals surface area contributed by atoms with Crippen LogP contribution >= 0.6 is 11.6 Å². The number of ether oxygens (including phenoxy) is 1. The third kappa shape index (κ3) is 5.33. The van der Waals surface area contributed by atoms with Crippen molar-refractivity contribution in [3.8, 4) is 5.75 Å². The van der Waals surface area contributed by atoms with Gasteiger partial charge in [0.25, 0.3) is 0 Å². The van der Waals surface area contributed by atoms with E-state index in [2.05, 4.69) is 29.6 Å². The molecule has 0 aliphatic rings. The predicted octanol–water partition coefficient (Wildman–Crippen LogP) is 3.90. The minimum absolute atomic E-state index is 0.712. The molecule has 0 spiro atoms. The number of halogens is 1. The van der Waals surface area contributed by atoms with Crippen LogP contribution in [-0.4, -0.2) is 13.2 Å². The first-order chi connectivity index (χ1) is 9.34. The second kappa shape index (κ2) is 7.82. The second-order valence-corrected chi connectivity index (χ2v) is 4.75. The van der Waals surface area contributed by atoms with Crippen LogP contribution in [0.3, 0.4) is 0 Å². The van der Waals surface area contributed by atoms with Gasteiger partial charge >= 0.3 is 0 Å². The van der Waals surface area contributed by atoms with E-state index in [9.17, 15) is 0 Å². The molecular formula is C16H18ClNO. The number of rotatable bonds is 7. The fourth-order valence-electron chi connectivity index (χ4n) is 1.75. The number of hydrogen-bond donors (Lipinski definition) is 1. The van der Waals surface area contributed by atoms with E-state index in [0.29, 0.717) is 6.61 Å². The highest BCUT2D eigenvalue weighted by Gasteiger charge is 1.94. The van der Waals surface area contributed by atoms with Crippen LogP contribution in [0.2, 0.25) is 5.02 Å². The molecule has 0 aliphatic carbocycles. The lowest BCUT2D eigenvalue weighted by Crippen LogP contribution is -2.16. The van der Waals surface area contributed by atoms with E-state index < -0.39 is 0 Å². The molecule has 0 heterocycles. The van der Waals surface area contributed by atoms with Gasteiger partial charge in [-0.2, -0.15) is 0 Å². The van der Waals surface area contributed by atoms with Crippen molar-refractivity contribution in [2.24, 2.45) is 0 Å². The lowest BCUT2D eigenvalue weighted by molar-refractivity contribution is 0.308. The first-order valence-corrected chi connectivity index (χ1v) is 6.85. The SMILES string of the molecule is Clc1ccc(OCCCNCc2ccccc2)cc1. The fourth-order valence-corrected chi connectivity index (χ4v) is 1.87. The highest BCUT2D eigenvalue weighted by molar-refractivity contribution is 6.30. The van der Waals surface area contributed by atoms with Crippen LogP contribution in [0, 0.1) is 0 Å². The monoisotopic (exact) mass is 275 g/mol. The van der Waals surface area contributed by atoms with Crippen LogP contribution in [0.5, 0.6) is 5.75 Å². The van der Waals surface area contributed by atoms with Crippen molar-refractivity contribution < 1.29 is 4.74 Å². The summed E-state index contributed by atoms with van der Waals surface area (Å²) < 4.78 is 5.61. The molecular weight excluding hydrogens is 258 g/mol. The number of hydrogen-bond acceptors (Lipinski definition) is 2. The zero-order valence-corrected chi connectivity index (χ0v) is 11.6. The Morgan fingerprint density at radius 2 is 1.68 bits per heavy atom. The average Bonchev–Trinajstić information content (AvgIpc) is 2.46. The van der Waals surface area contributed by atoms with Gasteiger partial charge in [-0.05, 0) is 42.8 Å². The van der Waals surface area contributed by atoms with E-state index in [1.807, 2.05) is 30.3 Å². The van der Waals surface area contributed by atoms with Crippen molar-refractivity contribution in [3.63, 3.8) is 0 Å². The van der Waals surface area contributed by atoms with Crippen molar-refractivity contribution in [3.05, 3.63) is 65.2 Å². The van der Waals surface area contributed by atoms with Crippen LogP contribution < -0.4 is 10.1 Å². The molecule has 2 rings (SSSR count). The Bertz CT molecular complexity index is 470. The van der Waals surface area contributed by atoms with Gasteiger partial charge in [-0.25, -0.2) is 0 Å². The predicted molar refractivity (Wildman–Crippen MR) is 79.7 cm³/mol. The molecule has 3 heteroatoms. The van der Waals surface area contributed by atoms with Crippen LogP contribution in [-0.2, 0) is 6.54 Å². The van der Waals surface area contributed by atoms with Gasteiger partial charge in [-0.15, -0.1) is 0 Å². The summed E-state index contributed by atoms with van der Waals surface area (Å²) in [6.07, 6.45) is 0.982. The Morgan fingerprint density at radius 1 is 0.947 bits per heavy atom. The molecule has 1 N–H and O–H groups in total. The molecule has 2 nitrogen and oxygen atoms in total. The molecule has 0 aliphatic heterocycles. The van der Waals surface area contributed by atoms with Gasteiger partial charge < -0.3 is 10.1 Å². The van der Waals surface area contributed by atoms with E-state index in [1.165, 1.54) is 5.56 Å². The summed E-state index contributed by atoms with van der Waals surface area (Å²) in [6.45, 7) is 2.56. The van der Waals surface area contributed by atoms with Crippen molar-refractivity contribution in [2.45, 2.75) is 13.0 Å². The molecule has 0 atom stereocenters. The quantitative estimate of drug-likeness (QED) is 0.774. The highest BCUT2D eigenvalue weighted by atomic mass is 35.5. The first-order valence-electron chi connectivity index (χ1n) is 6.47. The van der Waals surface area contributed by atoms with Crippen molar-refractivity contribution >= 4 is 11.6 Å². The first kappa shape index (κ1) is 13.9. The van der Waals surface area contributed by atoms with Gasteiger partial charge in [0, 0.05) is 11.6 Å². The van der Waals surface area contributed by atoms with E-state index in [0.717, 1.165) is 30.3 Å². The summed E-state index contributed by atoms with van der Waals surface area (Å²) in [5, 5.41) is 4.13. The summed E-state index contributed by atoms with van der Waals surface area (Å²) in [6, 6.07) is 17.8. The third-order valence-electron chi connectivity index (χ3n) is 2.75. The van der Waals surface area contributed by atoms with E-state index in [4.69, 9.17) is 16.3 Å². The molecule has 0 aromatic heterocycles. The van der Waals surface area contributed by atoms with Crippen LogP contribution in [0.15, 0.2) is 54.6 Å². The molecule has 0 radical (unpaired) electrons. The molecule has 0 saturated heterocycles. The zero-order valence-electron chi connectivity index (χ0n) is 10.8. The largest absolute Gasteiger partial charge is 0.494 e. The molecule has 2 aromatic rings. The van der Waals surface area contributed by atoms with Gasteiger partial charge in [0.1, 0.15) is 5.75 Å². The third-order valence-corrected chi connectivity index (χ3v) is 3.00. The molecule has 0 amide bonds. The minimum Gasteiger partial charge on any atom is -0.494 e. The van der Waals surface area contributed by atoms with Gasteiger partial charge in [-0.3, -0.25) is 0 Å². The van der Waals surface area contributed by atoms with Crippen molar-refractivity contribution in [2.75, 3.05) is 13.2 Å². The topological polar surface area (TPSA) is 21.3 Å². The van der Waals surface area contributed by atoms with Crippen LogP contribution in [0.1, 0.15) is 12.0 Å². The Kier molecular flexibility index (Phi) is 5.73. The van der Waals surface area contributed by atoms with E-state index in [1.54, 1.807) is 0 Å². The minimum atomic E-state index is 0.712. The Morgan fingerprint density at radius 3 is 2.42 bits per heavy atom. The number of benzene rings is 2. The Hall–Kier alpha value is -1.51. The molecule has 2 aromatic carbocycles.